The van der Waals surface area contributed by atoms with Crippen LogP contribution in [0.5, 0.6) is 0 Å². The van der Waals surface area contributed by atoms with Gasteiger partial charge in [0.1, 0.15) is 0 Å². The zero-order valence-corrected chi connectivity index (χ0v) is 7.21. The van der Waals surface area contributed by atoms with Crippen LogP contribution in [0.25, 0.3) is 0 Å². The van der Waals surface area contributed by atoms with Crippen molar-refractivity contribution in [2.75, 3.05) is 19.7 Å². The number of aliphatic hydroxyl groups is 1. The molecule has 0 aromatic rings. The number of hydrogen-bond donors (Lipinski definition) is 2. The van der Waals surface area contributed by atoms with Gasteiger partial charge in [-0.3, -0.25) is 0 Å². The number of aliphatic hydroxyl groups excluding tert-OH is 1. The van der Waals surface area contributed by atoms with Gasteiger partial charge in [0.2, 0.25) is 0 Å². The van der Waals surface area contributed by atoms with E-state index in [-0.39, 0.29) is 17.8 Å². The number of rotatable bonds is 2. The summed E-state index contributed by atoms with van der Waals surface area (Å²) in [6.45, 7) is 4.56. The quantitative estimate of drug-likeness (QED) is 0.634. The third kappa shape index (κ3) is 1.84. The Morgan fingerprint density at radius 3 is 2.50 bits per heavy atom. The minimum Gasteiger partial charge on any atom is -0.396 e. The van der Waals surface area contributed by atoms with E-state index in [0.29, 0.717) is 6.61 Å². The molecule has 2 nitrogen and oxygen atoms in total. The SMILES string of the molecule is CCC1(CO)CCNC1.Cl. The van der Waals surface area contributed by atoms with Crippen molar-refractivity contribution >= 4 is 12.4 Å². The van der Waals surface area contributed by atoms with Crippen molar-refractivity contribution in [3.8, 4) is 0 Å². The Morgan fingerprint density at radius 1 is 1.60 bits per heavy atom. The van der Waals surface area contributed by atoms with Gasteiger partial charge in [0.25, 0.3) is 0 Å². The van der Waals surface area contributed by atoms with Gasteiger partial charge in [-0.2, -0.15) is 0 Å². The van der Waals surface area contributed by atoms with Crippen molar-refractivity contribution in [1.29, 1.82) is 0 Å². The van der Waals surface area contributed by atoms with Gasteiger partial charge in [0.05, 0.1) is 0 Å². The van der Waals surface area contributed by atoms with Gasteiger partial charge in [-0.05, 0) is 19.4 Å². The first-order chi connectivity index (χ1) is 4.33. The van der Waals surface area contributed by atoms with Crippen molar-refractivity contribution in [2.45, 2.75) is 19.8 Å². The van der Waals surface area contributed by atoms with Crippen molar-refractivity contribution in [3.05, 3.63) is 0 Å². The van der Waals surface area contributed by atoms with Crippen molar-refractivity contribution < 1.29 is 5.11 Å². The summed E-state index contributed by atoms with van der Waals surface area (Å²) in [7, 11) is 0. The fourth-order valence-corrected chi connectivity index (χ4v) is 1.34. The molecule has 3 heteroatoms. The van der Waals surface area contributed by atoms with Crippen molar-refractivity contribution in [1.82, 2.24) is 5.32 Å². The van der Waals surface area contributed by atoms with Crippen LogP contribution in [0, 0.1) is 5.41 Å². The Bertz CT molecular complexity index is 85.6. The first-order valence-corrected chi connectivity index (χ1v) is 3.64. The van der Waals surface area contributed by atoms with Crippen LogP contribution in [0.3, 0.4) is 0 Å². The molecule has 1 saturated heterocycles. The largest absolute Gasteiger partial charge is 0.396 e. The lowest BCUT2D eigenvalue weighted by Gasteiger charge is -2.22. The fourth-order valence-electron chi connectivity index (χ4n) is 1.34. The highest BCUT2D eigenvalue weighted by atomic mass is 35.5. The second kappa shape index (κ2) is 4.16. The average Bonchev–Trinajstić information content (AvgIpc) is 2.36. The van der Waals surface area contributed by atoms with Crippen molar-refractivity contribution in [2.24, 2.45) is 5.41 Å². The Hall–Kier alpha value is 0.210. The maximum absolute atomic E-state index is 8.98. The average molecular weight is 166 g/mol. The van der Waals surface area contributed by atoms with E-state index >= 15 is 0 Å². The summed E-state index contributed by atoms with van der Waals surface area (Å²) in [5.41, 5.74) is 0.222. The molecule has 1 heterocycles. The first kappa shape index (κ1) is 10.2. The molecule has 0 saturated carbocycles. The Labute approximate surface area is 68.4 Å². The molecule has 1 atom stereocenters. The molecular weight excluding hydrogens is 150 g/mol. The van der Waals surface area contributed by atoms with Gasteiger partial charge in [0, 0.05) is 18.6 Å². The van der Waals surface area contributed by atoms with Crippen molar-refractivity contribution in [3.63, 3.8) is 0 Å². The van der Waals surface area contributed by atoms with E-state index in [1.54, 1.807) is 0 Å². The molecule has 0 amide bonds. The molecule has 0 aromatic heterocycles. The summed E-state index contributed by atoms with van der Waals surface area (Å²) < 4.78 is 0. The molecule has 2 N–H and O–H groups in total. The van der Waals surface area contributed by atoms with Gasteiger partial charge in [-0.25, -0.2) is 0 Å². The molecule has 0 bridgehead atoms. The molecule has 1 aliphatic rings. The summed E-state index contributed by atoms with van der Waals surface area (Å²) in [5.74, 6) is 0. The minimum absolute atomic E-state index is 0. The summed E-state index contributed by atoms with van der Waals surface area (Å²) in [5, 5.41) is 12.2. The van der Waals surface area contributed by atoms with Crippen LogP contribution in [0.2, 0.25) is 0 Å². The molecule has 0 radical (unpaired) electrons. The Balaban J connectivity index is 0.000000810. The van der Waals surface area contributed by atoms with Crippen LogP contribution in [0.1, 0.15) is 19.8 Å². The molecule has 1 aliphatic heterocycles. The molecular formula is C7H16ClNO. The fraction of sp³-hybridized carbons (Fsp3) is 1.00. The van der Waals surface area contributed by atoms with E-state index in [4.69, 9.17) is 5.11 Å². The van der Waals surface area contributed by atoms with Gasteiger partial charge >= 0.3 is 0 Å². The molecule has 1 fully saturated rings. The van der Waals surface area contributed by atoms with Crippen LogP contribution in [0.4, 0.5) is 0 Å². The van der Waals surface area contributed by atoms with E-state index in [1.807, 2.05) is 0 Å². The van der Waals surface area contributed by atoms with E-state index < -0.39 is 0 Å². The molecule has 0 aromatic carbocycles. The van der Waals surface area contributed by atoms with Gasteiger partial charge in [0.15, 0.2) is 0 Å². The Kier molecular flexibility index (Phi) is 4.25. The normalized spacial score (nSPS) is 31.8. The number of nitrogens with one attached hydrogen (secondary N) is 1. The highest BCUT2D eigenvalue weighted by Crippen LogP contribution is 2.27. The monoisotopic (exact) mass is 165 g/mol. The van der Waals surface area contributed by atoms with E-state index in [9.17, 15) is 0 Å². The summed E-state index contributed by atoms with van der Waals surface area (Å²) >= 11 is 0. The summed E-state index contributed by atoms with van der Waals surface area (Å²) in [6.07, 6.45) is 2.23. The topological polar surface area (TPSA) is 32.3 Å². The predicted molar refractivity (Wildman–Crippen MR) is 44.5 cm³/mol. The Morgan fingerprint density at radius 2 is 2.30 bits per heavy atom. The molecule has 1 unspecified atom stereocenters. The van der Waals surface area contributed by atoms with Crippen LogP contribution >= 0.6 is 12.4 Å². The highest BCUT2D eigenvalue weighted by molar-refractivity contribution is 5.85. The van der Waals surface area contributed by atoms with E-state index in [0.717, 1.165) is 25.9 Å². The van der Waals surface area contributed by atoms with Gasteiger partial charge in [-0.15, -0.1) is 12.4 Å². The van der Waals surface area contributed by atoms with E-state index in [1.165, 1.54) is 0 Å². The summed E-state index contributed by atoms with van der Waals surface area (Å²) in [4.78, 5) is 0. The van der Waals surface area contributed by atoms with Gasteiger partial charge < -0.3 is 10.4 Å². The maximum Gasteiger partial charge on any atom is 0.0499 e. The standard InChI is InChI=1S/C7H15NO.ClH/c1-2-7(6-9)3-4-8-5-7;/h8-9H,2-6H2,1H3;1H. The highest BCUT2D eigenvalue weighted by Gasteiger charge is 2.30. The molecule has 62 valence electrons. The molecule has 0 aliphatic carbocycles. The van der Waals surface area contributed by atoms with Crippen LogP contribution < -0.4 is 5.32 Å². The third-order valence-corrected chi connectivity index (χ3v) is 2.42. The smallest absolute Gasteiger partial charge is 0.0499 e. The number of halogens is 1. The first-order valence-electron chi connectivity index (χ1n) is 3.64. The molecule has 1 rings (SSSR count). The molecule has 0 spiro atoms. The van der Waals surface area contributed by atoms with E-state index in [2.05, 4.69) is 12.2 Å². The second-order valence-corrected chi connectivity index (χ2v) is 2.94. The lowest BCUT2D eigenvalue weighted by molar-refractivity contribution is 0.139. The summed E-state index contributed by atoms with van der Waals surface area (Å²) in [6, 6.07) is 0. The molecule has 10 heavy (non-hydrogen) atoms. The lowest BCUT2D eigenvalue weighted by Crippen LogP contribution is -2.26. The lowest BCUT2D eigenvalue weighted by atomic mass is 9.85. The van der Waals surface area contributed by atoms with Crippen LogP contribution in [0.15, 0.2) is 0 Å². The zero-order valence-electron chi connectivity index (χ0n) is 6.39. The maximum atomic E-state index is 8.98. The zero-order chi connectivity index (χ0) is 6.74. The van der Waals surface area contributed by atoms with Gasteiger partial charge in [-0.1, -0.05) is 6.92 Å². The minimum atomic E-state index is 0. The second-order valence-electron chi connectivity index (χ2n) is 2.94. The van der Waals surface area contributed by atoms with Crippen LogP contribution in [-0.2, 0) is 0 Å². The van der Waals surface area contributed by atoms with Crippen LogP contribution in [-0.4, -0.2) is 24.8 Å². The third-order valence-electron chi connectivity index (χ3n) is 2.42. The predicted octanol–water partition coefficient (Wildman–Crippen LogP) is 0.790. The number of hydrogen-bond acceptors (Lipinski definition) is 2.